The fraction of sp³-hybridized carbons (Fsp3) is 0.188. The van der Waals surface area contributed by atoms with Crippen molar-refractivity contribution in [3.05, 3.63) is 71.8 Å². The molecule has 2 aromatic rings. The van der Waals surface area contributed by atoms with E-state index in [0.717, 1.165) is 5.56 Å². The van der Waals surface area contributed by atoms with Crippen LogP contribution in [0.1, 0.15) is 16.9 Å². The van der Waals surface area contributed by atoms with Crippen LogP contribution in [0, 0.1) is 0 Å². The average Bonchev–Trinajstić information content (AvgIpc) is 2.51. The van der Waals surface area contributed by atoms with Gasteiger partial charge in [-0.3, -0.25) is 14.7 Å². The first-order chi connectivity index (χ1) is 10.9. The van der Waals surface area contributed by atoms with Crippen LogP contribution in [0.5, 0.6) is 0 Å². The standard InChI is InChI=1S/C16H18NO5P/c18-16(19)14(11-12-7-3-1-4-8-12)17-15(23(20,21)22)13-9-5-2-6-10-13/h1-10,14-15,17H,11H2,(H,18,19)(H2,20,21,22). The smallest absolute Gasteiger partial charge is 0.346 e. The number of aliphatic carboxylic acids is 1. The van der Waals surface area contributed by atoms with Gasteiger partial charge in [0.25, 0.3) is 0 Å². The molecule has 0 radical (unpaired) electrons. The van der Waals surface area contributed by atoms with Crippen molar-refractivity contribution in [1.29, 1.82) is 0 Å². The van der Waals surface area contributed by atoms with Crippen molar-refractivity contribution in [1.82, 2.24) is 5.32 Å². The molecule has 0 aliphatic carbocycles. The van der Waals surface area contributed by atoms with Crippen molar-refractivity contribution in [2.75, 3.05) is 0 Å². The Morgan fingerprint density at radius 3 is 2.00 bits per heavy atom. The van der Waals surface area contributed by atoms with Crippen LogP contribution in [0.3, 0.4) is 0 Å². The summed E-state index contributed by atoms with van der Waals surface area (Å²) in [7, 11) is -4.57. The van der Waals surface area contributed by atoms with Gasteiger partial charge < -0.3 is 14.9 Å². The van der Waals surface area contributed by atoms with Crippen molar-refractivity contribution < 1.29 is 24.3 Å². The van der Waals surface area contributed by atoms with E-state index in [4.69, 9.17) is 0 Å². The normalized spacial score (nSPS) is 14.2. The lowest BCUT2D eigenvalue weighted by atomic mass is 10.1. The highest BCUT2D eigenvalue weighted by Crippen LogP contribution is 2.50. The Morgan fingerprint density at radius 2 is 1.52 bits per heavy atom. The average molecular weight is 335 g/mol. The van der Waals surface area contributed by atoms with Gasteiger partial charge in [0.2, 0.25) is 0 Å². The Hall–Kier alpha value is -1.98. The molecule has 23 heavy (non-hydrogen) atoms. The molecule has 4 N–H and O–H groups in total. The van der Waals surface area contributed by atoms with Crippen LogP contribution in [0.15, 0.2) is 60.7 Å². The van der Waals surface area contributed by atoms with Crippen LogP contribution in [0.2, 0.25) is 0 Å². The molecule has 2 aromatic carbocycles. The molecule has 0 bridgehead atoms. The van der Waals surface area contributed by atoms with Gasteiger partial charge in [0, 0.05) is 0 Å². The first-order valence-electron chi connectivity index (χ1n) is 7.01. The number of hydrogen-bond acceptors (Lipinski definition) is 3. The van der Waals surface area contributed by atoms with Gasteiger partial charge in [-0.15, -0.1) is 0 Å². The number of hydrogen-bond donors (Lipinski definition) is 4. The Labute approximate surface area is 134 Å². The minimum Gasteiger partial charge on any atom is -0.480 e. The summed E-state index contributed by atoms with van der Waals surface area (Å²) in [5.41, 5.74) is 1.12. The fourth-order valence-corrected chi connectivity index (χ4v) is 3.22. The van der Waals surface area contributed by atoms with Gasteiger partial charge >= 0.3 is 13.6 Å². The molecule has 0 aliphatic rings. The highest BCUT2D eigenvalue weighted by Gasteiger charge is 2.34. The molecule has 7 heteroatoms. The molecule has 0 aromatic heterocycles. The van der Waals surface area contributed by atoms with E-state index in [-0.39, 0.29) is 6.42 Å². The van der Waals surface area contributed by atoms with Gasteiger partial charge in [0.1, 0.15) is 11.8 Å². The summed E-state index contributed by atoms with van der Waals surface area (Å²) in [6.07, 6.45) is 0.125. The molecule has 6 nitrogen and oxygen atoms in total. The van der Waals surface area contributed by atoms with E-state index in [0.29, 0.717) is 5.56 Å². The molecule has 2 unspecified atom stereocenters. The second kappa shape index (κ2) is 7.53. The molecular formula is C16H18NO5P. The van der Waals surface area contributed by atoms with Crippen LogP contribution < -0.4 is 5.32 Å². The summed E-state index contributed by atoms with van der Waals surface area (Å²) >= 11 is 0. The summed E-state index contributed by atoms with van der Waals surface area (Å²) in [6.45, 7) is 0. The fourth-order valence-electron chi connectivity index (χ4n) is 2.28. The molecule has 122 valence electrons. The molecule has 0 aliphatic heterocycles. The second-order valence-corrected chi connectivity index (χ2v) is 6.84. The third-order valence-corrected chi connectivity index (χ3v) is 4.51. The van der Waals surface area contributed by atoms with Crippen molar-refractivity contribution in [2.45, 2.75) is 18.2 Å². The highest BCUT2D eigenvalue weighted by molar-refractivity contribution is 7.52. The first kappa shape index (κ1) is 17.4. The molecule has 0 amide bonds. The summed E-state index contributed by atoms with van der Waals surface area (Å²) in [6, 6.07) is 15.9. The quantitative estimate of drug-likeness (QED) is 0.578. The van der Waals surface area contributed by atoms with Crippen LogP contribution in [-0.4, -0.2) is 26.9 Å². The topological polar surface area (TPSA) is 107 Å². The molecule has 0 saturated heterocycles. The van der Waals surface area contributed by atoms with Gasteiger partial charge in [0.05, 0.1) is 0 Å². The maximum absolute atomic E-state index is 11.8. The van der Waals surface area contributed by atoms with Crippen LogP contribution >= 0.6 is 7.60 Å². The van der Waals surface area contributed by atoms with E-state index in [1.54, 1.807) is 54.6 Å². The Balaban J connectivity index is 2.25. The zero-order valence-corrected chi connectivity index (χ0v) is 13.1. The lowest BCUT2D eigenvalue weighted by molar-refractivity contribution is -0.139. The van der Waals surface area contributed by atoms with Crippen LogP contribution in [-0.2, 0) is 15.8 Å². The van der Waals surface area contributed by atoms with E-state index in [1.807, 2.05) is 6.07 Å². The summed E-state index contributed by atoms with van der Waals surface area (Å²) < 4.78 is 11.8. The van der Waals surface area contributed by atoms with Gasteiger partial charge in [-0.25, -0.2) is 0 Å². The summed E-state index contributed by atoms with van der Waals surface area (Å²) in [4.78, 5) is 30.6. The maximum Gasteiger partial charge on any atom is 0.346 e. The van der Waals surface area contributed by atoms with Crippen molar-refractivity contribution in [3.8, 4) is 0 Å². The van der Waals surface area contributed by atoms with E-state index in [9.17, 15) is 24.3 Å². The number of carboxylic acids is 1. The number of nitrogens with one attached hydrogen (secondary N) is 1. The molecule has 0 fully saturated rings. The Morgan fingerprint density at radius 1 is 1.00 bits per heavy atom. The Kier molecular flexibility index (Phi) is 5.69. The summed E-state index contributed by atoms with van der Waals surface area (Å²) in [5, 5.41) is 12.0. The van der Waals surface area contributed by atoms with Gasteiger partial charge in [0.15, 0.2) is 0 Å². The van der Waals surface area contributed by atoms with E-state index in [1.165, 1.54) is 0 Å². The lowest BCUT2D eigenvalue weighted by Gasteiger charge is -2.24. The van der Waals surface area contributed by atoms with E-state index in [2.05, 4.69) is 5.32 Å². The molecule has 0 heterocycles. The SMILES string of the molecule is O=C(O)C(Cc1ccccc1)NC(c1ccccc1)P(=O)(O)O. The summed E-state index contributed by atoms with van der Waals surface area (Å²) in [5.74, 6) is -2.53. The monoisotopic (exact) mass is 335 g/mol. The number of carbonyl (C=O) groups is 1. The minimum atomic E-state index is -4.57. The Bertz CT molecular complexity index is 686. The van der Waals surface area contributed by atoms with E-state index >= 15 is 0 Å². The van der Waals surface area contributed by atoms with Gasteiger partial charge in [-0.1, -0.05) is 60.7 Å². The minimum absolute atomic E-state index is 0.125. The molecule has 0 spiro atoms. The zero-order valence-electron chi connectivity index (χ0n) is 12.2. The van der Waals surface area contributed by atoms with Crippen LogP contribution in [0.25, 0.3) is 0 Å². The number of carboxylic acid groups (broad SMARTS) is 1. The maximum atomic E-state index is 11.8. The van der Waals surface area contributed by atoms with Crippen molar-refractivity contribution >= 4 is 13.6 Å². The van der Waals surface area contributed by atoms with E-state index < -0.39 is 25.4 Å². The molecule has 0 saturated carbocycles. The van der Waals surface area contributed by atoms with Crippen molar-refractivity contribution in [2.24, 2.45) is 0 Å². The highest BCUT2D eigenvalue weighted by atomic mass is 31.2. The largest absolute Gasteiger partial charge is 0.480 e. The number of benzene rings is 2. The number of rotatable bonds is 7. The molecular weight excluding hydrogens is 317 g/mol. The third-order valence-electron chi connectivity index (χ3n) is 3.39. The molecule has 2 atom stereocenters. The van der Waals surface area contributed by atoms with Gasteiger partial charge in [-0.2, -0.15) is 0 Å². The predicted molar refractivity (Wildman–Crippen MR) is 85.9 cm³/mol. The zero-order chi connectivity index (χ0) is 16.9. The predicted octanol–water partition coefficient (Wildman–Crippen LogP) is 2.15. The third kappa shape index (κ3) is 5.01. The van der Waals surface area contributed by atoms with Crippen LogP contribution in [0.4, 0.5) is 0 Å². The second-order valence-electron chi connectivity index (χ2n) is 5.15. The first-order valence-corrected chi connectivity index (χ1v) is 8.69. The lowest BCUT2D eigenvalue weighted by Crippen LogP contribution is -2.40. The molecule has 2 rings (SSSR count). The van der Waals surface area contributed by atoms with Crippen molar-refractivity contribution in [3.63, 3.8) is 0 Å². The van der Waals surface area contributed by atoms with Gasteiger partial charge in [-0.05, 0) is 17.5 Å².